The predicted octanol–water partition coefficient (Wildman–Crippen LogP) is 0.872. The summed E-state index contributed by atoms with van der Waals surface area (Å²) in [7, 11) is 0. The second kappa shape index (κ2) is 5.51. The Morgan fingerprint density at radius 1 is 1.55 bits per heavy atom. The van der Waals surface area contributed by atoms with E-state index in [-0.39, 0.29) is 6.01 Å². The van der Waals surface area contributed by atoms with E-state index >= 15 is 0 Å². The Morgan fingerprint density at radius 2 is 2.30 bits per heavy atom. The number of amides is 1. The SMILES string of the molecule is NC(=O)C1CCCN1c1ccnc(OCC(F)(F)F)n1. The van der Waals surface area contributed by atoms with E-state index in [0.29, 0.717) is 18.8 Å². The molecule has 0 radical (unpaired) electrons. The molecule has 1 aromatic heterocycles. The number of carbonyl (C=O) groups is 1. The molecule has 0 aliphatic carbocycles. The Balaban J connectivity index is 2.11. The topological polar surface area (TPSA) is 81.3 Å². The Hall–Kier alpha value is -2.06. The second-order valence-electron chi connectivity index (χ2n) is 4.36. The fraction of sp³-hybridized carbons (Fsp3) is 0.545. The van der Waals surface area contributed by atoms with Crippen LogP contribution in [0.5, 0.6) is 6.01 Å². The maximum Gasteiger partial charge on any atom is 0.422 e. The van der Waals surface area contributed by atoms with Crippen molar-refractivity contribution in [1.29, 1.82) is 0 Å². The highest BCUT2D eigenvalue weighted by atomic mass is 19.4. The van der Waals surface area contributed by atoms with Gasteiger partial charge in [-0.2, -0.15) is 18.2 Å². The number of hydrogen-bond acceptors (Lipinski definition) is 5. The Morgan fingerprint density at radius 3 is 2.95 bits per heavy atom. The average Bonchev–Trinajstić information content (AvgIpc) is 2.85. The summed E-state index contributed by atoms with van der Waals surface area (Å²) in [6.07, 6.45) is -1.82. The van der Waals surface area contributed by atoms with Gasteiger partial charge >= 0.3 is 12.2 Å². The summed E-state index contributed by atoms with van der Waals surface area (Å²) in [5, 5.41) is 0. The van der Waals surface area contributed by atoms with Crippen molar-refractivity contribution < 1.29 is 22.7 Å². The summed E-state index contributed by atoms with van der Waals surface area (Å²) < 4.78 is 40.7. The number of primary amides is 1. The minimum atomic E-state index is -4.46. The van der Waals surface area contributed by atoms with Crippen LogP contribution in [0.1, 0.15) is 12.8 Å². The van der Waals surface area contributed by atoms with E-state index in [1.165, 1.54) is 12.3 Å². The number of nitrogens with zero attached hydrogens (tertiary/aromatic N) is 3. The van der Waals surface area contributed by atoms with Crippen LogP contribution in [0, 0.1) is 0 Å². The fourth-order valence-electron chi connectivity index (χ4n) is 2.04. The van der Waals surface area contributed by atoms with Crippen molar-refractivity contribution >= 4 is 11.7 Å². The number of ether oxygens (including phenoxy) is 1. The zero-order valence-electron chi connectivity index (χ0n) is 10.4. The third-order valence-corrected chi connectivity index (χ3v) is 2.86. The summed E-state index contributed by atoms with van der Waals surface area (Å²) in [6.45, 7) is -0.904. The van der Waals surface area contributed by atoms with Crippen LogP contribution >= 0.6 is 0 Å². The zero-order chi connectivity index (χ0) is 14.8. The molecule has 0 spiro atoms. The van der Waals surface area contributed by atoms with E-state index in [4.69, 9.17) is 5.73 Å². The lowest BCUT2D eigenvalue weighted by atomic mass is 10.2. The first kappa shape index (κ1) is 14.4. The number of nitrogens with two attached hydrogens (primary N) is 1. The molecule has 1 aliphatic rings. The average molecular weight is 290 g/mol. The van der Waals surface area contributed by atoms with Gasteiger partial charge < -0.3 is 15.4 Å². The van der Waals surface area contributed by atoms with Gasteiger partial charge in [0.25, 0.3) is 0 Å². The van der Waals surface area contributed by atoms with Gasteiger partial charge in [0.1, 0.15) is 11.9 Å². The molecule has 0 bridgehead atoms. The third kappa shape index (κ3) is 3.49. The van der Waals surface area contributed by atoms with Crippen LogP contribution in [0.25, 0.3) is 0 Å². The molecular weight excluding hydrogens is 277 g/mol. The minimum absolute atomic E-state index is 0.332. The van der Waals surface area contributed by atoms with Gasteiger partial charge in [0.15, 0.2) is 6.61 Å². The van der Waals surface area contributed by atoms with Crippen molar-refractivity contribution in [2.45, 2.75) is 25.1 Å². The molecule has 0 saturated carbocycles. The first-order valence-electron chi connectivity index (χ1n) is 5.95. The molecule has 1 aliphatic heterocycles. The van der Waals surface area contributed by atoms with Gasteiger partial charge in [0.05, 0.1) is 0 Å². The third-order valence-electron chi connectivity index (χ3n) is 2.86. The normalized spacial score (nSPS) is 19.1. The number of aromatic nitrogens is 2. The standard InChI is InChI=1S/C11H13F3N4O2/c12-11(13,14)6-20-10-16-4-3-8(17-10)18-5-1-2-7(18)9(15)19/h3-4,7H,1-2,5-6H2,(H2,15,19). The van der Waals surface area contributed by atoms with E-state index in [2.05, 4.69) is 14.7 Å². The Labute approximate surface area is 112 Å². The second-order valence-corrected chi connectivity index (χ2v) is 4.36. The van der Waals surface area contributed by atoms with Gasteiger partial charge in [-0.25, -0.2) is 4.98 Å². The van der Waals surface area contributed by atoms with Crippen LogP contribution in [0.4, 0.5) is 19.0 Å². The van der Waals surface area contributed by atoms with Crippen LogP contribution in [0.3, 0.4) is 0 Å². The van der Waals surface area contributed by atoms with Crippen molar-refractivity contribution in [3.63, 3.8) is 0 Å². The van der Waals surface area contributed by atoms with Crippen LogP contribution in [0.15, 0.2) is 12.3 Å². The van der Waals surface area contributed by atoms with Gasteiger partial charge in [0, 0.05) is 12.7 Å². The molecule has 9 heteroatoms. The van der Waals surface area contributed by atoms with Gasteiger partial charge in [-0.3, -0.25) is 4.79 Å². The molecule has 2 heterocycles. The highest BCUT2D eigenvalue weighted by molar-refractivity contribution is 5.83. The number of alkyl halides is 3. The highest BCUT2D eigenvalue weighted by Gasteiger charge is 2.31. The van der Waals surface area contributed by atoms with Gasteiger partial charge in [0.2, 0.25) is 5.91 Å². The van der Waals surface area contributed by atoms with E-state index in [9.17, 15) is 18.0 Å². The summed E-state index contributed by atoms with van der Waals surface area (Å²) in [4.78, 5) is 20.4. The molecule has 1 unspecified atom stereocenters. The van der Waals surface area contributed by atoms with Crippen molar-refractivity contribution in [2.75, 3.05) is 18.1 Å². The molecule has 0 aromatic carbocycles. The maximum absolute atomic E-state index is 12.1. The Kier molecular flexibility index (Phi) is 3.96. The van der Waals surface area contributed by atoms with E-state index in [0.717, 1.165) is 6.42 Å². The number of halogens is 3. The van der Waals surface area contributed by atoms with Gasteiger partial charge in [-0.05, 0) is 18.9 Å². The monoisotopic (exact) mass is 290 g/mol. The van der Waals surface area contributed by atoms with Crippen molar-refractivity contribution in [1.82, 2.24) is 9.97 Å². The van der Waals surface area contributed by atoms with Crippen molar-refractivity contribution in [3.05, 3.63) is 12.3 Å². The van der Waals surface area contributed by atoms with Crippen LogP contribution in [-0.4, -0.2) is 41.2 Å². The Bertz CT molecular complexity index is 495. The summed E-state index contributed by atoms with van der Waals surface area (Å²) >= 11 is 0. The first-order valence-corrected chi connectivity index (χ1v) is 5.95. The summed E-state index contributed by atoms with van der Waals surface area (Å²) in [5.41, 5.74) is 5.28. The lowest BCUT2D eigenvalue weighted by Crippen LogP contribution is -2.40. The van der Waals surface area contributed by atoms with Gasteiger partial charge in [-0.15, -0.1) is 0 Å². The molecule has 110 valence electrons. The smallest absolute Gasteiger partial charge is 0.422 e. The minimum Gasteiger partial charge on any atom is -0.454 e. The quantitative estimate of drug-likeness (QED) is 0.890. The van der Waals surface area contributed by atoms with Crippen LogP contribution in [0.2, 0.25) is 0 Å². The molecular formula is C11H13F3N4O2. The first-order chi connectivity index (χ1) is 9.37. The molecule has 6 nitrogen and oxygen atoms in total. The number of rotatable bonds is 4. The van der Waals surface area contributed by atoms with E-state index in [1.54, 1.807) is 4.90 Å². The fourth-order valence-corrected chi connectivity index (χ4v) is 2.04. The lowest BCUT2D eigenvalue weighted by Gasteiger charge is -2.23. The maximum atomic E-state index is 12.1. The lowest BCUT2D eigenvalue weighted by molar-refractivity contribution is -0.154. The molecule has 2 N–H and O–H groups in total. The molecule has 1 fully saturated rings. The number of carbonyl (C=O) groups excluding carboxylic acids is 1. The zero-order valence-corrected chi connectivity index (χ0v) is 10.4. The van der Waals surface area contributed by atoms with E-state index in [1.807, 2.05) is 0 Å². The molecule has 1 atom stereocenters. The van der Waals surface area contributed by atoms with Crippen molar-refractivity contribution in [3.8, 4) is 6.01 Å². The number of anilines is 1. The number of hydrogen-bond donors (Lipinski definition) is 1. The van der Waals surface area contributed by atoms with Crippen LogP contribution in [-0.2, 0) is 4.79 Å². The summed E-state index contributed by atoms with van der Waals surface area (Å²) in [5.74, 6) is -0.155. The van der Waals surface area contributed by atoms with Crippen molar-refractivity contribution in [2.24, 2.45) is 5.73 Å². The largest absolute Gasteiger partial charge is 0.454 e. The highest BCUT2D eigenvalue weighted by Crippen LogP contribution is 2.25. The summed E-state index contributed by atoms with van der Waals surface area (Å²) in [6, 6.07) is 0.622. The van der Waals surface area contributed by atoms with Gasteiger partial charge in [-0.1, -0.05) is 0 Å². The molecule has 1 aromatic rings. The predicted molar refractivity (Wildman–Crippen MR) is 63.1 cm³/mol. The molecule has 2 rings (SSSR count). The van der Waals surface area contributed by atoms with E-state index < -0.39 is 24.7 Å². The molecule has 1 amide bonds. The van der Waals surface area contributed by atoms with Crippen LogP contribution < -0.4 is 15.4 Å². The molecule has 1 saturated heterocycles. The molecule has 20 heavy (non-hydrogen) atoms.